The summed E-state index contributed by atoms with van der Waals surface area (Å²) in [5, 5.41) is 0. The maximum atomic E-state index is 6.27. The largest absolute Gasteiger partial charge is 0.465 e. The van der Waals surface area contributed by atoms with Crippen molar-refractivity contribution in [1.82, 2.24) is 9.88 Å². The van der Waals surface area contributed by atoms with Gasteiger partial charge in [0.2, 0.25) is 0 Å². The van der Waals surface area contributed by atoms with Crippen LogP contribution in [0.3, 0.4) is 0 Å². The van der Waals surface area contributed by atoms with Crippen molar-refractivity contribution in [3.63, 3.8) is 0 Å². The van der Waals surface area contributed by atoms with Gasteiger partial charge in [0, 0.05) is 25.0 Å². The predicted octanol–water partition coefficient (Wildman–Crippen LogP) is 2.93. The average Bonchev–Trinajstić information content (AvgIpc) is 3.13. The van der Waals surface area contributed by atoms with Crippen LogP contribution in [0.1, 0.15) is 29.9 Å². The highest BCUT2D eigenvalue weighted by molar-refractivity contribution is 5.08. The molecule has 5 nitrogen and oxygen atoms in total. The highest BCUT2D eigenvalue weighted by Crippen LogP contribution is 2.33. The van der Waals surface area contributed by atoms with Crippen LogP contribution in [0.25, 0.3) is 0 Å². The third-order valence-electron chi connectivity index (χ3n) is 4.99. The molecule has 1 saturated carbocycles. The van der Waals surface area contributed by atoms with E-state index in [4.69, 9.17) is 13.9 Å². The second-order valence-electron chi connectivity index (χ2n) is 6.67. The van der Waals surface area contributed by atoms with Crippen LogP contribution in [0.4, 0.5) is 0 Å². The minimum Gasteiger partial charge on any atom is -0.465 e. The molecular weight excluding hydrogens is 304 g/mol. The summed E-state index contributed by atoms with van der Waals surface area (Å²) in [5.74, 6) is 1.98. The molecule has 24 heavy (non-hydrogen) atoms. The predicted molar refractivity (Wildman–Crippen MR) is 89.4 cm³/mol. The lowest BCUT2D eigenvalue weighted by atomic mass is 10.1. The molecule has 2 fully saturated rings. The standard InChI is InChI=1S/C19H24N2O3/c1-14-4-5-16(24-14)12-21-9-10-22-18-7-6-17(21)19(18)23-13-15-3-2-8-20-11-15/h2-5,8,11,17-19H,6-7,9-10,12-13H2,1H3/t17-,18-,19+/m0/s1. The Hall–Kier alpha value is -1.69. The van der Waals surface area contributed by atoms with Crippen LogP contribution in [-0.4, -0.2) is 41.3 Å². The number of hydrogen-bond acceptors (Lipinski definition) is 5. The first-order valence-corrected chi connectivity index (χ1v) is 8.71. The van der Waals surface area contributed by atoms with Crippen molar-refractivity contribution in [2.75, 3.05) is 13.2 Å². The zero-order valence-electron chi connectivity index (χ0n) is 14.1. The smallest absolute Gasteiger partial charge is 0.118 e. The van der Waals surface area contributed by atoms with Crippen molar-refractivity contribution < 1.29 is 13.9 Å². The highest BCUT2D eigenvalue weighted by atomic mass is 16.5. The molecule has 0 amide bonds. The van der Waals surface area contributed by atoms with Gasteiger partial charge in [0.05, 0.1) is 32.0 Å². The van der Waals surface area contributed by atoms with E-state index in [9.17, 15) is 0 Å². The third-order valence-corrected chi connectivity index (χ3v) is 4.99. The molecule has 2 bridgehead atoms. The maximum Gasteiger partial charge on any atom is 0.118 e. The van der Waals surface area contributed by atoms with E-state index in [0.717, 1.165) is 49.6 Å². The molecule has 0 aromatic carbocycles. The zero-order chi connectivity index (χ0) is 16.4. The summed E-state index contributed by atoms with van der Waals surface area (Å²) in [7, 11) is 0. The van der Waals surface area contributed by atoms with E-state index >= 15 is 0 Å². The zero-order valence-corrected chi connectivity index (χ0v) is 14.1. The fourth-order valence-electron chi connectivity index (χ4n) is 3.83. The van der Waals surface area contributed by atoms with Crippen LogP contribution in [0, 0.1) is 6.92 Å². The second-order valence-corrected chi connectivity index (χ2v) is 6.67. The van der Waals surface area contributed by atoms with Gasteiger partial charge in [0.25, 0.3) is 0 Å². The van der Waals surface area contributed by atoms with Gasteiger partial charge in [-0.25, -0.2) is 0 Å². The van der Waals surface area contributed by atoms with E-state index in [1.807, 2.05) is 25.3 Å². The molecule has 0 N–H and O–H groups in total. The number of furan rings is 1. The number of aryl methyl sites for hydroxylation is 1. The molecule has 0 unspecified atom stereocenters. The Morgan fingerprint density at radius 1 is 1.29 bits per heavy atom. The van der Waals surface area contributed by atoms with Crippen molar-refractivity contribution in [1.29, 1.82) is 0 Å². The van der Waals surface area contributed by atoms with Crippen LogP contribution >= 0.6 is 0 Å². The fraction of sp³-hybridized carbons (Fsp3) is 0.526. The maximum absolute atomic E-state index is 6.27. The number of rotatable bonds is 5. The Balaban J connectivity index is 1.45. The summed E-state index contributed by atoms with van der Waals surface area (Å²) in [6.07, 6.45) is 6.15. The molecule has 1 aliphatic heterocycles. The normalized spacial score (nSPS) is 27.3. The van der Waals surface area contributed by atoms with E-state index in [-0.39, 0.29) is 12.2 Å². The van der Waals surface area contributed by atoms with Gasteiger partial charge in [-0.3, -0.25) is 9.88 Å². The molecule has 0 spiro atoms. The van der Waals surface area contributed by atoms with Crippen molar-refractivity contribution >= 4 is 0 Å². The quantitative estimate of drug-likeness (QED) is 0.844. The molecule has 2 aromatic heterocycles. The average molecular weight is 328 g/mol. The first-order valence-electron chi connectivity index (χ1n) is 8.71. The minimum atomic E-state index is 0.115. The van der Waals surface area contributed by atoms with Crippen molar-refractivity contribution in [2.45, 2.75) is 51.2 Å². The molecule has 3 atom stereocenters. The topological polar surface area (TPSA) is 47.7 Å². The Labute approximate surface area is 142 Å². The van der Waals surface area contributed by atoms with Crippen LogP contribution in [0.15, 0.2) is 41.1 Å². The monoisotopic (exact) mass is 328 g/mol. The van der Waals surface area contributed by atoms with E-state index < -0.39 is 0 Å². The van der Waals surface area contributed by atoms with E-state index in [1.54, 1.807) is 6.20 Å². The molecule has 2 aliphatic rings. The first kappa shape index (κ1) is 15.8. The van der Waals surface area contributed by atoms with Crippen molar-refractivity contribution in [3.05, 3.63) is 53.7 Å². The van der Waals surface area contributed by atoms with Crippen LogP contribution in [-0.2, 0) is 22.6 Å². The van der Waals surface area contributed by atoms with Crippen molar-refractivity contribution in [3.8, 4) is 0 Å². The number of ether oxygens (including phenoxy) is 2. The number of fused-ring (bicyclic) bond motifs is 2. The molecule has 0 radical (unpaired) electrons. The molecule has 5 heteroatoms. The SMILES string of the molecule is Cc1ccc(CN2CCO[C@H]3CC[C@H]2[C@H]3OCc2cccnc2)o1. The van der Waals surface area contributed by atoms with E-state index in [1.165, 1.54) is 0 Å². The van der Waals surface area contributed by atoms with Crippen LogP contribution in [0.2, 0.25) is 0 Å². The second kappa shape index (κ2) is 7.05. The Morgan fingerprint density at radius 3 is 3.04 bits per heavy atom. The lowest BCUT2D eigenvalue weighted by Gasteiger charge is -2.30. The van der Waals surface area contributed by atoms with Gasteiger partial charge < -0.3 is 13.9 Å². The van der Waals surface area contributed by atoms with E-state index in [0.29, 0.717) is 12.6 Å². The summed E-state index contributed by atoms with van der Waals surface area (Å²) in [5.41, 5.74) is 1.11. The molecular formula is C19H24N2O3. The summed E-state index contributed by atoms with van der Waals surface area (Å²) >= 11 is 0. The summed E-state index contributed by atoms with van der Waals surface area (Å²) in [6.45, 7) is 5.08. The fourth-order valence-corrected chi connectivity index (χ4v) is 3.83. The van der Waals surface area contributed by atoms with Crippen molar-refractivity contribution in [2.24, 2.45) is 0 Å². The third kappa shape index (κ3) is 3.38. The lowest BCUT2D eigenvalue weighted by molar-refractivity contribution is -0.0616. The van der Waals surface area contributed by atoms with Crippen LogP contribution < -0.4 is 0 Å². The summed E-state index contributed by atoms with van der Waals surface area (Å²) < 4.78 is 18.1. The number of pyridine rings is 1. The molecule has 3 heterocycles. The Morgan fingerprint density at radius 2 is 2.25 bits per heavy atom. The molecule has 4 rings (SSSR count). The summed E-state index contributed by atoms with van der Waals surface area (Å²) in [4.78, 5) is 6.62. The molecule has 1 aliphatic carbocycles. The number of nitrogens with zero attached hydrogens (tertiary/aromatic N) is 2. The van der Waals surface area contributed by atoms with Gasteiger partial charge in [-0.15, -0.1) is 0 Å². The molecule has 128 valence electrons. The van der Waals surface area contributed by atoms with E-state index in [2.05, 4.69) is 22.0 Å². The van der Waals surface area contributed by atoms with Gasteiger partial charge in [-0.2, -0.15) is 0 Å². The summed E-state index contributed by atoms with van der Waals surface area (Å²) in [6, 6.07) is 8.48. The van der Waals surface area contributed by atoms with Gasteiger partial charge in [0.1, 0.15) is 11.5 Å². The molecule has 2 aromatic rings. The highest BCUT2D eigenvalue weighted by Gasteiger charge is 2.43. The lowest BCUT2D eigenvalue weighted by Crippen LogP contribution is -2.42. The van der Waals surface area contributed by atoms with Gasteiger partial charge in [-0.1, -0.05) is 6.07 Å². The van der Waals surface area contributed by atoms with Gasteiger partial charge >= 0.3 is 0 Å². The minimum absolute atomic E-state index is 0.115. The number of hydrogen-bond donors (Lipinski definition) is 0. The first-order chi connectivity index (χ1) is 11.8. The Bertz CT molecular complexity index is 658. The van der Waals surface area contributed by atoms with Crippen LogP contribution in [0.5, 0.6) is 0 Å². The number of aromatic nitrogens is 1. The Kier molecular flexibility index (Phi) is 4.65. The molecule has 1 saturated heterocycles. The van der Waals surface area contributed by atoms with Gasteiger partial charge in [-0.05, 0) is 43.5 Å². The van der Waals surface area contributed by atoms with Gasteiger partial charge in [0.15, 0.2) is 0 Å².